The third kappa shape index (κ3) is 3.80. The molecule has 21 heavy (non-hydrogen) atoms. The molecule has 112 valence electrons. The molecule has 0 unspecified atom stereocenters. The van der Waals surface area contributed by atoms with E-state index in [0.29, 0.717) is 24.6 Å². The molecule has 2 aromatic rings. The number of nitrogens with two attached hydrogens (primary N) is 1. The Morgan fingerprint density at radius 1 is 1.38 bits per heavy atom. The average molecular weight is 291 g/mol. The van der Waals surface area contributed by atoms with E-state index in [1.807, 2.05) is 0 Å². The average Bonchev–Trinajstić information content (AvgIpc) is 2.97. The van der Waals surface area contributed by atoms with Crippen LogP contribution in [0.3, 0.4) is 0 Å². The summed E-state index contributed by atoms with van der Waals surface area (Å²) in [6, 6.07) is 6.13. The Balaban J connectivity index is 2.11. The van der Waals surface area contributed by atoms with Crippen LogP contribution in [0.15, 0.2) is 39.7 Å². The van der Waals surface area contributed by atoms with Crippen molar-refractivity contribution in [3.63, 3.8) is 0 Å². The number of hydrogen-bond donors (Lipinski definition) is 2. The van der Waals surface area contributed by atoms with Crippen LogP contribution >= 0.6 is 0 Å². The highest BCUT2D eigenvalue weighted by atomic mass is 16.5. The molecule has 0 spiro atoms. The Labute approximate surface area is 121 Å². The zero-order chi connectivity index (χ0) is 15.2. The fourth-order valence-corrected chi connectivity index (χ4v) is 1.77. The predicted molar refractivity (Wildman–Crippen MR) is 77.1 cm³/mol. The second-order valence-electron chi connectivity index (χ2n) is 4.37. The Hall–Kier alpha value is -2.38. The van der Waals surface area contributed by atoms with E-state index in [0.717, 1.165) is 0 Å². The lowest BCUT2D eigenvalue weighted by atomic mass is 10.3. The second kappa shape index (κ2) is 6.87. The molecule has 0 saturated heterocycles. The molecule has 0 radical (unpaired) electrons. The van der Waals surface area contributed by atoms with E-state index in [1.165, 1.54) is 16.7 Å². The van der Waals surface area contributed by atoms with Gasteiger partial charge in [0.1, 0.15) is 5.76 Å². The van der Waals surface area contributed by atoms with Gasteiger partial charge in [-0.2, -0.15) is 0 Å². The molecule has 0 aliphatic heterocycles. The molecule has 2 rings (SSSR count). The van der Waals surface area contributed by atoms with Crippen LogP contribution in [0.25, 0.3) is 0 Å². The van der Waals surface area contributed by atoms with Crippen molar-refractivity contribution in [2.24, 2.45) is 5.73 Å². The Morgan fingerprint density at radius 3 is 2.86 bits per heavy atom. The van der Waals surface area contributed by atoms with E-state index in [-0.39, 0.29) is 17.9 Å². The molecule has 0 fully saturated rings. The number of anilines is 1. The molecule has 0 aliphatic carbocycles. The lowest BCUT2D eigenvalue weighted by Crippen LogP contribution is -2.22. The Kier molecular flexibility index (Phi) is 4.91. The second-order valence-corrected chi connectivity index (χ2v) is 4.37. The quantitative estimate of drug-likeness (QED) is 0.820. The minimum absolute atomic E-state index is 0.159. The molecule has 0 aliphatic rings. The highest BCUT2D eigenvalue weighted by Gasteiger charge is 2.11. The summed E-state index contributed by atoms with van der Waals surface area (Å²) >= 11 is 0. The van der Waals surface area contributed by atoms with Crippen molar-refractivity contribution in [2.45, 2.75) is 13.1 Å². The Bertz CT molecular complexity index is 675. The summed E-state index contributed by atoms with van der Waals surface area (Å²) in [6.45, 7) is 1.06. The maximum absolute atomic E-state index is 12.0. The largest absolute Gasteiger partial charge is 0.455 e. The number of carbonyl (C=O) groups excluding carboxylic acids is 1. The molecule has 3 N–H and O–H groups in total. The van der Waals surface area contributed by atoms with Gasteiger partial charge in [0.15, 0.2) is 5.76 Å². The van der Waals surface area contributed by atoms with E-state index < -0.39 is 5.91 Å². The molecular formula is C14H17N3O4. The first-order valence-electron chi connectivity index (χ1n) is 6.43. The van der Waals surface area contributed by atoms with Crippen LogP contribution in [0.5, 0.6) is 0 Å². The first kappa shape index (κ1) is 15.0. The zero-order valence-electron chi connectivity index (χ0n) is 11.7. The van der Waals surface area contributed by atoms with E-state index in [1.54, 1.807) is 25.4 Å². The van der Waals surface area contributed by atoms with Crippen molar-refractivity contribution in [1.82, 2.24) is 4.57 Å². The molecule has 0 bridgehead atoms. The number of furan rings is 1. The monoisotopic (exact) mass is 291 g/mol. The van der Waals surface area contributed by atoms with Crippen molar-refractivity contribution >= 4 is 11.6 Å². The molecule has 2 aromatic heterocycles. The van der Waals surface area contributed by atoms with E-state index >= 15 is 0 Å². The minimum atomic E-state index is -0.397. The summed E-state index contributed by atoms with van der Waals surface area (Å²) in [7, 11) is 1.56. The number of rotatable bonds is 6. The fraction of sp³-hybridized carbons (Fsp3) is 0.286. The van der Waals surface area contributed by atoms with Gasteiger partial charge in [0.25, 0.3) is 11.5 Å². The van der Waals surface area contributed by atoms with Gasteiger partial charge in [0.05, 0.1) is 18.8 Å². The van der Waals surface area contributed by atoms with E-state index in [4.69, 9.17) is 14.9 Å². The number of nitrogens with zero attached hydrogens (tertiary/aromatic N) is 1. The van der Waals surface area contributed by atoms with Crippen LogP contribution in [0.4, 0.5) is 5.69 Å². The van der Waals surface area contributed by atoms with Gasteiger partial charge in [-0.1, -0.05) is 0 Å². The van der Waals surface area contributed by atoms with Crippen molar-refractivity contribution in [2.75, 3.05) is 19.0 Å². The highest BCUT2D eigenvalue weighted by Crippen LogP contribution is 2.11. The van der Waals surface area contributed by atoms with Crippen molar-refractivity contribution in [3.8, 4) is 0 Å². The molecule has 7 nitrogen and oxygen atoms in total. The molecular weight excluding hydrogens is 274 g/mol. The van der Waals surface area contributed by atoms with Crippen molar-refractivity contribution in [3.05, 3.63) is 52.3 Å². The van der Waals surface area contributed by atoms with E-state index in [9.17, 15) is 9.59 Å². The number of carbonyl (C=O) groups is 1. The van der Waals surface area contributed by atoms with Crippen molar-refractivity contribution < 1.29 is 13.9 Å². The lowest BCUT2D eigenvalue weighted by molar-refractivity contribution is 0.0995. The van der Waals surface area contributed by atoms with Gasteiger partial charge in [0.2, 0.25) is 0 Å². The number of amides is 1. The summed E-state index contributed by atoms with van der Waals surface area (Å²) in [4.78, 5) is 23.6. The van der Waals surface area contributed by atoms with Crippen LogP contribution in [0.2, 0.25) is 0 Å². The SMILES string of the molecule is COCCn1cc(NC(=O)c2ccc(CN)o2)ccc1=O. The number of pyridine rings is 1. The number of ether oxygens (including phenoxy) is 1. The third-order valence-corrected chi connectivity index (χ3v) is 2.86. The van der Waals surface area contributed by atoms with Crippen LogP contribution < -0.4 is 16.6 Å². The number of hydrogen-bond acceptors (Lipinski definition) is 5. The molecule has 7 heteroatoms. The van der Waals surface area contributed by atoms with Crippen molar-refractivity contribution in [1.29, 1.82) is 0 Å². The molecule has 2 heterocycles. The summed E-state index contributed by atoms with van der Waals surface area (Å²) in [6.07, 6.45) is 1.56. The van der Waals surface area contributed by atoms with Crippen LogP contribution in [-0.2, 0) is 17.8 Å². The van der Waals surface area contributed by atoms with Gasteiger partial charge in [-0.3, -0.25) is 9.59 Å². The first-order chi connectivity index (χ1) is 10.1. The van der Waals surface area contributed by atoms with Crippen LogP contribution in [0, 0.1) is 0 Å². The maximum Gasteiger partial charge on any atom is 0.291 e. The number of aromatic nitrogens is 1. The third-order valence-electron chi connectivity index (χ3n) is 2.86. The minimum Gasteiger partial charge on any atom is -0.455 e. The van der Waals surface area contributed by atoms with E-state index in [2.05, 4.69) is 5.32 Å². The van der Waals surface area contributed by atoms with Gasteiger partial charge >= 0.3 is 0 Å². The van der Waals surface area contributed by atoms with Gasteiger partial charge in [-0.15, -0.1) is 0 Å². The Morgan fingerprint density at radius 2 is 2.19 bits per heavy atom. The zero-order valence-corrected chi connectivity index (χ0v) is 11.7. The molecule has 1 amide bonds. The standard InChI is InChI=1S/C14H17N3O4/c1-20-7-6-17-9-10(2-5-13(17)18)16-14(19)12-4-3-11(8-15)21-12/h2-5,9H,6-8,15H2,1H3,(H,16,19). The van der Waals surface area contributed by atoms with Gasteiger partial charge in [-0.05, 0) is 18.2 Å². The van der Waals surface area contributed by atoms with Gasteiger partial charge < -0.3 is 24.8 Å². The van der Waals surface area contributed by atoms with Crippen LogP contribution in [-0.4, -0.2) is 24.2 Å². The lowest BCUT2D eigenvalue weighted by Gasteiger charge is -2.08. The number of nitrogens with one attached hydrogen (secondary N) is 1. The number of methoxy groups -OCH3 is 1. The predicted octanol–water partition coefficient (Wildman–Crippen LogP) is 0.799. The van der Waals surface area contributed by atoms with Gasteiger partial charge in [0, 0.05) is 25.9 Å². The fourth-order valence-electron chi connectivity index (χ4n) is 1.77. The summed E-state index contributed by atoms with van der Waals surface area (Å²) in [5.74, 6) is 0.307. The molecule has 0 atom stereocenters. The molecule has 0 aromatic carbocycles. The summed E-state index contributed by atoms with van der Waals surface area (Å²) in [5.41, 5.74) is 5.77. The normalized spacial score (nSPS) is 10.6. The smallest absolute Gasteiger partial charge is 0.291 e. The summed E-state index contributed by atoms with van der Waals surface area (Å²) in [5, 5.41) is 2.67. The first-order valence-corrected chi connectivity index (χ1v) is 6.43. The van der Waals surface area contributed by atoms with Crippen LogP contribution in [0.1, 0.15) is 16.3 Å². The van der Waals surface area contributed by atoms with Gasteiger partial charge in [-0.25, -0.2) is 0 Å². The topological polar surface area (TPSA) is 99.5 Å². The molecule has 0 saturated carbocycles. The highest BCUT2D eigenvalue weighted by molar-refractivity contribution is 6.02. The summed E-state index contributed by atoms with van der Waals surface area (Å²) < 4.78 is 11.7. The maximum atomic E-state index is 12.0.